The minimum atomic E-state index is -1.43. The van der Waals surface area contributed by atoms with Gasteiger partial charge in [0.25, 0.3) is 0 Å². The Hall–Kier alpha value is -3.63. The van der Waals surface area contributed by atoms with Crippen molar-refractivity contribution in [1.82, 2.24) is 9.88 Å². The normalized spacial score (nSPS) is 38.9. The summed E-state index contributed by atoms with van der Waals surface area (Å²) in [6, 6.07) is 9.59. The lowest BCUT2D eigenvalue weighted by atomic mass is 9.70. The van der Waals surface area contributed by atoms with Crippen molar-refractivity contribution in [3.63, 3.8) is 0 Å². The first-order chi connectivity index (χ1) is 37.4. The molecule has 2 N–H and O–H groups in total. The molecular weight excluding hydrogens is 1030 g/mol. The smallest absolute Gasteiger partial charge is 0.320 e. The van der Waals surface area contributed by atoms with E-state index in [2.05, 4.69) is 9.88 Å². The number of aliphatic hydroxyl groups excluding tert-OH is 2. The number of rotatable bonds is 18. The summed E-state index contributed by atoms with van der Waals surface area (Å²) in [5.41, 5.74) is -1.87. The largest absolute Gasteiger partial charge is 0.493 e. The predicted molar refractivity (Wildman–Crippen MR) is 300 cm³/mol. The van der Waals surface area contributed by atoms with Crippen molar-refractivity contribution in [2.24, 2.45) is 29.6 Å². The van der Waals surface area contributed by atoms with Crippen LogP contribution in [0.5, 0.6) is 11.5 Å². The highest BCUT2D eigenvalue weighted by atomic mass is 32.2. The molecule has 1 saturated carbocycles. The third-order valence-corrected chi connectivity index (χ3v) is 19.4. The maximum atomic E-state index is 15.4. The fourth-order valence-electron chi connectivity index (χ4n) is 13.3. The van der Waals surface area contributed by atoms with Gasteiger partial charge in [0.05, 0.1) is 54.7 Å². The van der Waals surface area contributed by atoms with E-state index in [1.807, 2.05) is 97.1 Å². The molecule has 2 aromatic rings. The molecule has 0 radical (unpaired) electrons. The van der Waals surface area contributed by atoms with E-state index in [-0.39, 0.29) is 43.3 Å². The number of carbonyl (C=O) groups is 3. The third kappa shape index (κ3) is 13.9. The molecule has 5 fully saturated rings. The first-order valence-corrected chi connectivity index (χ1v) is 29.8. The van der Waals surface area contributed by atoms with Gasteiger partial charge in [0.15, 0.2) is 29.7 Å². The summed E-state index contributed by atoms with van der Waals surface area (Å²) in [4.78, 5) is 53.9. The average Bonchev–Trinajstić information content (AvgIpc) is 4.04. The van der Waals surface area contributed by atoms with Crippen molar-refractivity contribution in [1.29, 1.82) is 0 Å². The van der Waals surface area contributed by atoms with Gasteiger partial charge in [-0.25, -0.2) is 0 Å². The van der Waals surface area contributed by atoms with Crippen LogP contribution in [0.15, 0.2) is 42.7 Å². The minimum Gasteiger partial charge on any atom is -0.493 e. The molecule has 18 nitrogen and oxygen atoms in total. The van der Waals surface area contributed by atoms with E-state index in [1.54, 1.807) is 48.1 Å². The molecule has 19 heteroatoms. The van der Waals surface area contributed by atoms with Crippen LogP contribution < -0.4 is 14.4 Å². The van der Waals surface area contributed by atoms with Gasteiger partial charge in [0, 0.05) is 93.3 Å². The number of pyridine rings is 1. The summed E-state index contributed by atoms with van der Waals surface area (Å²) >= 11 is 1.43. The molecule has 0 spiro atoms. The van der Waals surface area contributed by atoms with Crippen LogP contribution in [0.25, 0.3) is 0 Å². The number of thioether (sulfide) groups is 1. The van der Waals surface area contributed by atoms with Gasteiger partial charge in [-0.1, -0.05) is 33.8 Å². The van der Waals surface area contributed by atoms with Crippen molar-refractivity contribution in [3.05, 3.63) is 48.3 Å². The molecule has 5 heterocycles. The molecule has 7 rings (SSSR count). The summed E-state index contributed by atoms with van der Waals surface area (Å²) in [6.07, 6.45) is 0.849. The van der Waals surface area contributed by atoms with E-state index < -0.39 is 113 Å². The number of nitrogens with zero attached hydrogens (tertiary/aromatic N) is 3. The monoisotopic (exact) mass is 1130 g/mol. The van der Waals surface area contributed by atoms with Gasteiger partial charge in [-0.3, -0.25) is 19.4 Å². The van der Waals surface area contributed by atoms with E-state index in [4.69, 9.17) is 47.4 Å². The number of esters is 2. The second-order valence-corrected chi connectivity index (χ2v) is 25.3. The summed E-state index contributed by atoms with van der Waals surface area (Å²) in [6.45, 7) is 19.4. The first kappa shape index (κ1) is 63.0. The summed E-state index contributed by atoms with van der Waals surface area (Å²) < 4.78 is 64.6. The molecule has 0 unspecified atom stereocenters. The number of fused-ring (bicyclic) bond motifs is 1. The van der Waals surface area contributed by atoms with Crippen molar-refractivity contribution >= 4 is 35.2 Å². The lowest BCUT2D eigenvalue weighted by Gasteiger charge is -2.50. The molecule has 4 saturated heterocycles. The zero-order valence-electron chi connectivity index (χ0n) is 49.6. The minimum absolute atomic E-state index is 0.112. The second-order valence-electron chi connectivity index (χ2n) is 24.0. The number of hydrogen-bond donors (Lipinski definition) is 2. The molecule has 1 aliphatic carbocycles. The van der Waals surface area contributed by atoms with Crippen LogP contribution in [0.4, 0.5) is 5.69 Å². The number of methoxy groups -OCH3 is 3. The Morgan fingerprint density at radius 3 is 2.20 bits per heavy atom. The average molecular weight is 1130 g/mol. The molecule has 444 valence electrons. The zero-order chi connectivity index (χ0) is 57.7. The highest BCUT2D eigenvalue weighted by Gasteiger charge is 2.62. The fraction of sp³-hybridized carbons (Fsp3) is 0.767. The quantitative estimate of drug-likeness (QED) is 0.137. The number of ether oxygens (including phenoxy) is 10. The topological polar surface area (TPSA) is 203 Å². The Labute approximate surface area is 473 Å². The molecule has 1 aromatic carbocycles. The molecule has 79 heavy (non-hydrogen) atoms. The maximum absolute atomic E-state index is 15.4. The number of aliphatic hydroxyl groups is 2. The van der Waals surface area contributed by atoms with Crippen LogP contribution in [0.2, 0.25) is 0 Å². The van der Waals surface area contributed by atoms with E-state index in [9.17, 15) is 15.0 Å². The van der Waals surface area contributed by atoms with Crippen LogP contribution in [0.1, 0.15) is 126 Å². The van der Waals surface area contributed by atoms with Gasteiger partial charge >= 0.3 is 11.9 Å². The molecule has 0 amide bonds. The molecule has 4 aliphatic heterocycles. The maximum Gasteiger partial charge on any atom is 0.320 e. The van der Waals surface area contributed by atoms with Crippen LogP contribution >= 0.6 is 11.8 Å². The van der Waals surface area contributed by atoms with Gasteiger partial charge in [0.1, 0.15) is 29.3 Å². The predicted octanol–water partition coefficient (Wildman–Crippen LogP) is 7.79. The SMILES string of the molecule is CC[C@H]1OC(=O)[C@H](C)[C@@H](O[C@H]2C[C@@](C)(OC)[C@@H](O)[C@H](C)O2)[C@H](C)[C@@H](O[C@@H]2O[C@H](C)C[C@H](N(C)C)[C@H]2O)[C@](C)(OC)C[C@@H](C)C(=O)[C@H](C)[C@H]2[C@H](SCCN(Cc3cccnc3)c3ccc(OC)c(OC4CCCC4)c3)C(=O)O[C@@]21C. The number of anilines is 1. The first-order valence-electron chi connectivity index (χ1n) is 28.7. The van der Waals surface area contributed by atoms with Crippen LogP contribution in [-0.2, 0) is 58.8 Å². The Kier molecular flexibility index (Phi) is 21.3. The lowest BCUT2D eigenvalue weighted by Crippen LogP contribution is -2.61. The Morgan fingerprint density at radius 2 is 1.57 bits per heavy atom. The number of likely N-dealkylation sites (N-methyl/N-ethyl adjacent to an activating group) is 1. The highest BCUT2D eigenvalue weighted by Crippen LogP contribution is 2.50. The van der Waals surface area contributed by atoms with Gasteiger partial charge in [0.2, 0.25) is 0 Å². The molecule has 0 bridgehead atoms. The van der Waals surface area contributed by atoms with Crippen molar-refractivity contribution in [2.45, 2.75) is 217 Å². The molecule has 1 aromatic heterocycles. The van der Waals surface area contributed by atoms with Crippen LogP contribution in [0.3, 0.4) is 0 Å². The van der Waals surface area contributed by atoms with Gasteiger partial charge in [-0.05, 0) is 124 Å². The number of ketones is 1. The number of benzene rings is 1. The van der Waals surface area contributed by atoms with Gasteiger partial charge < -0.3 is 67.4 Å². The number of carbonyl (C=O) groups excluding carboxylic acids is 3. The zero-order valence-corrected chi connectivity index (χ0v) is 50.4. The summed E-state index contributed by atoms with van der Waals surface area (Å²) in [5, 5.41) is 22.3. The van der Waals surface area contributed by atoms with E-state index in [1.165, 1.54) is 18.9 Å². The number of Topliss-reactive ketones (excluding diaryl/α,β-unsaturated/α-hetero) is 1. The summed E-state index contributed by atoms with van der Waals surface area (Å²) in [7, 11) is 8.53. The van der Waals surface area contributed by atoms with Gasteiger partial charge in [-0.2, -0.15) is 0 Å². The fourth-order valence-corrected chi connectivity index (χ4v) is 14.8. The number of hydrogen-bond acceptors (Lipinski definition) is 19. The van der Waals surface area contributed by atoms with E-state index in [0.29, 0.717) is 36.8 Å². The lowest BCUT2D eigenvalue weighted by molar-refractivity contribution is -0.319. The highest BCUT2D eigenvalue weighted by molar-refractivity contribution is 8.00. The van der Waals surface area contributed by atoms with Crippen molar-refractivity contribution < 1.29 is 72.0 Å². The Bertz CT molecular complexity index is 2330. The van der Waals surface area contributed by atoms with Crippen molar-refractivity contribution in [2.75, 3.05) is 52.6 Å². The molecule has 19 atom stereocenters. The third-order valence-electron chi connectivity index (χ3n) is 18.1. The Balaban J connectivity index is 1.25. The second kappa shape index (κ2) is 26.7. The van der Waals surface area contributed by atoms with Crippen molar-refractivity contribution in [3.8, 4) is 11.5 Å². The molecular formula is C60H93N3O15S. The van der Waals surface area contributed by atoms with Crippen LogP contribution in [0, 0.1) is 29.6 Å². The van der Waals surface area contributed by atoms with E-state index in [0.717, 1.165) is 36.9 Å². The number of aromatic nitrogens is 1. The number of cyclic esters (lactones) is 1. The van der Waals surface area contributed by atoms with E-state index >= 15 is 9.59 Å². The standard InChI is InChI=1S/C60H93N3O15S/c1-16-46-60(10)48(52(56(68)78-60)79-27-26-63(33-40-20-19-25-61-32-40)41-23-24-44(69-13)45(29-41)74-42-21-17-18-22-42)36(4)49(64)34(2)30-59(9,71-15)54(77-57-50(65)43(62(11)12)28-35(3)72-57)37(5)51(38(6)55(67)75-46)76-47-31-58(8,70-14)53(66)39(7)73-47/h19-20,23-25,29,32,34-39,42-43,46-48,50-54,57,65-66H,16-18,21-22,26-28,30-31,33H2,1-15H3/t34-,35-,36-,37+,38-,39+,43+,46-,47+,48+,50-,51+,52+,53+,54-,57+,58-,59-,60-/m1/s1. The molecule has 5 aliphatic rings. The summed E-state index contributed by atoms with van der Waals surface area (Å²) in [5.74, 6) is -3.39. The Morgan fingerprint density at radius 1 is 0.861 bits per heavy atom. The van der Waals surface area contributed by atoms with Crippen LogP contribution in [-0.4, -0.2) is 175 Å². The van der Waals surface area contributed by atoms with Gasteiger partial charge in [-0.15, -0.1) is 11.8 Å².